The van der Waals surface area contributed by atoms with Gasteiger partial charge in [0.15, 0.2) is 0 Å². The predicted octanol–water partition coefficient (Wildman–Crippen LogP) is 2.94. The molecule has 0 bridgehead atoms. The molecule has 8 nitrogen and oxygen atoms in total. The van der Waals surface area contributed by atoms with Gasteiger partial charge in [-0.1, -0.05) is 54.4 Å². The summed E-state index contributed by atoms with van der Waals surface area (Å²) in [5.74, 6) is 0.876. The van der Waals surface area contributed by atoms with Gasteiger partial charge in [0.25, 0.3) is 5.91 Å². The van der Waals surface area contributed by atoms with Crippen LogP contribution in [0, 0.1) is 11.8 Å². The first kappa shape index (κ1) is 26.0. The van der Waals surface area contributed by atoms with E-state index in [0.29, 0.717) is 43.3 Å². The molecule has 1 fully saturated rings. The SMILES string of the molecule is CCCCCNc1nc(C(C)(C)C)ncc1C(=O)N(CC(C)C)C1CNCC(C(N)=O)C1. The van der Waals surface area contributed by atoms with Gasteiger partial charge in [-0.15, -0.1) is 0 Å². The van der Waals surface area contributed by atoms with Gasteiger partial charge in [0.05, 0.1) is 5.92 Å². The first-order valence-corrected chi connectivity index (χ1v) is 12.0. The molecular weight excluding hydrogens is 404 g/mol. The zero-order valence-electron chi connectivity index (χ0n) is 20.7. The Bertz CT molecular complexity index is 774. The Morgan fingerprint density at radius 2 is 2.00 bits per heavy atom. The van der Waals surface area contributed by atoms with Gasteiger partial charge < -0.3 is 21.3 Å². The summed E-state index contributed by atoms with van der Waals surface area (Å²) in [6.07, 6.45) is 5.49. The lowest BCUT2D eigenvalue weighted by molar-refractivity contribution is -0.122. The van der Waals surface area contributed by atoms with E-state index in [1.165, 1.54) is 0 Å². The van der Waals surface area contributed by atoms with Gasteiger partial charge in [-0.2, -0.15) is 0 Å². The van der Waals surface area contributed by atoms with Crippen LogP contribution in [0.2, 0.25) is 0 Å². The third kappa shape index (κ3) is 7.15. The van der Waals surface area contributed by atoms with Gasteiger partial charge in [-0.05, 0) is 18.8 Å². The van der Waals surface area contributed by atoms with E-state index in [4.69, 9.17) is 10.7 Å². The highest BCUT2D eigenvalue weighted by Gasteiger charge is 2.34. The Morgan fingerprint density at radius 3 is 2.59 bits per heavy atom. The van der Waals surface area contributed by atoms with Crippen LogP contribution in [0.4, 0.5) is 5.82 Å². The standard InChI is InChI=1S/C24H42N6O2/c1-7-8-9-10-27-21-19(14-28-23(29-21)24(4,5)6)22(32)30(15-16(2)3)18-11-17(20(25)31)12-26-13-18/h14,16-18,26H,7-13,15H2,1-6H3,(H2,25,31)(H,27,28,29). The fourth-order valence-electron chi connectivity index (χ4n) is 3.94. The molecule has 32 heavy (non-hydrogen) atoms. The van der Waals surface area contributed by atoms with Gasteiger partial charge in [0.2, 0.25) is 5.91 Å². The number of anilines is 1. The average molecular weight is 447 g/mol. The Balaban J connectivity index is 2.36. The van der Waals surface area contributed by atoms with Gasteiger partial charge >= 0.3 is 0 Å². The number of rotatable bonds is 10. The Kier molecular flexibility index (Phi) is 9.43. The van der Waals surface area contributed by atoms with Gasteiger partial charge in [-0.3, -0.25) is 9.59 Å². The quantitative estimate of drug-likeness (QED) is 0.476. The van der Waals surface area contributed by atoms with Crippen LogP contribution in [0.1, 0.15) is 83.4 Å². The molecule has 180 valence electrons. The lowest BCUT2D eigenvalue weighted by Crippen LogP contribution is -2.54. The molecule has 0 spiro atoms. The van der Waals surface area contributed by atoms with Crippen LogP contribution in [0.5, 0.6) is 0 Å². The van der Waals surface area contributed by atoms with Crippen LogP contribution in [-0.2, 0) is 10.2 Å². The van der Waals surface area contributed by atoms with E-state index in [0.717, 1.165) is 25.8 Å². The van der Waals surface area contributed by atoms with Crippen LogP contribution < -0.4 is 16.4 Å². The lowest BCUT2D eigenvalue weighted by Gasteiger charge is -2.38. The summed E-state index contributed by atoms with van der Waals surface area (Å²) in [6.45, 7) is 15.1. The molecular formula is C24H42N6O2. The van der Waals surface area contributed by atoms with Crippen molar-refractivity contribution < 1.29 is 9.59 Å². The zero-order valence-corrected chi connectivity index (χ0v) is 20.7. The Labute approximate surface area is 193 Å². The van der Waals surface area contributed by atoms with E-state index in [9.17, 15) is 9.59 Å². The van der Waals surface area contributed by atoms with Crippen LogP contribution in [0.3, 0.4) is 0 Å². The molecule has 2 rings (SSSR count). The van der Waals surface area contributed by atoms with E-state index >= 15 is 0 Å². The number of nitrogens with one attached hydrogen (secondary N) is 2. The van der Waals surface area contributed by atoms with Crippen LogP contribution in [-0.4, -0.2) is 58.9 Å². The molecule has 8 heteroatoms. The number of carbonyl (C=O) groups is 2. The molecule has 2 amide bonds. The van der Waals surface area contributed by atoms with Crippen molar-refractivity contribution in [2.75, 3.05) is 31.5 Å². The molecule has 0 aromatic carbocycles. The van der Waals surface area contributed by atoms with Crippen LogP contribution >= 0.6 is 0 Å². The van der Waals surface area contributed by atoms with Gasteiger partial charge in [0.1, 0.15) is 17.2 Å². The second-order valence-electron chi connectivity index (χ2n) is 10.3. The highest BCUT2D eigenvalue weighted by Crippen LogP contribution is 2.25. The molecule has 1 saturated heterocycles. The zero-order chi connectivity index (χ0) is 23.9. The molecule has 1 aliphatic heterocycles. The lowest BCUT2D eigenvalue weighted by atomic mass is 9.93. The minimum atomic E-state index is -0.324. The molecule has 0 aliphatic carbocycles. The van der Waals surface area contributed by atoms with Crippen molar-refractivity contribution in [1.29, 1.82) is 0 Å². The second kappa shape index (κ2) is 11.6. The first-order valence-electron chi connectivity index (χ1n) is 12.0. The van der Waals surface area contributed by atoms with E-state index < -0.39 is 0 Å². The fraction of sp³-hybridized carbons (Fsp3) is 0.750. The maximum absolute atomic E-state index is 13.8. The molecule has 1 aliphatic rings. The summed E-state index contributed by atoms with van der Waals surface area (Å²) < 4.78 is 0. The molecule has 2 heterocycles. The van der Waals surface area contributed by atoms with Crippen molar-refractivity contribution in [3.8, 4) is 0 Å². The maximum atomic E-state index is 13.8. The molecule has 2 atom stereocenters. The summed E-state index contributed by atoms with van der Waals surface area (Å²) >= 11 is 0. The monoisotopic (exact) mass is 446 g/mol. The van der Waals surface area contributed by atoms with Crippen molar-refractivity contribution in [3.63, 3.8) is 0 Å². The Morgan fingerprint density at radius 1 is 1.28 bits per heavy atom. The van der Waals surface area contributed by atoms with Gasteiger partial charge in [0, 0.05) is 43.8 Å². The van der Waals surface area contributed by atoms with Crippen molar-refractivity contribution >= 4 is 17.6 Å². The van der Waals surface area contributed by atoms with E-state index in [-0.39, 0.29) is 35.1 Å². The third-order valence-electron chi connectivity index (χ3n) is 5.76. The minimum absolute atomic E-state index is 0.103. The van der Waals surface area contributed by atoms with Crippen LogP contribution in [0.15, 0.2) is 6.20 Å². The van der Waals surface area contributed by atoms with Crippen molar-refractivity contribution in [2.24, 2.45) is 17.6 Å². The van der Waals surface area contributed by atoms with E-state index in [2.05, 4.69) is 57.2 Å². The van der Waals surface area contributed by atoms with Crippen LogP contribution in [0.25, 0.3) is 0 Å². The Hall–Kier alpha value is -2.22. The predicted molar refractivity (Wildman–Crippen MR) is 129 cm³/mol. The summed E-state index contributed by atoms with van der Waals surface area (Å²) in [4.78, 5) is 36.7. The van der Waals surface area contributed by atoms with Gasteiger partial charge in [-0.25, -0.2) is 9.97 Å². The number of aromatic nitrogens is 2. The normalized spacial score (nSPS) is 19.1. The van der Waals surface area contributed by atoms with Crippen molar-refractivity contribution in [3.05, 3.63) is 17.6 Å². The first-order chi connectivity index (χ1) is 15.0. The second-order valence-corrected chi connectivity index (χ2v) is 10.3. The minimum Gasteiger partial charge on any atom is -0.369 e. The number of nitrogens with two attached hydrogens (primary N) is 1. The molecule has 1 aromatic heterocycles. The van der Waals surface area contributed by atoms with E-state index in [1.807, 2.05) is 4.90 Å². The number of primary amides is 1. The summed E-state index contributed by atoms with van der Waals surface area (Å²) in [7, 11) is 0. The average Bonchev–Trinajstić information content (AvgIpc) is 2.73. The molecule has 0 saturated carbocycles. The largest absolute Gasteiger partial charge is 0.369 e. The molecule has 0 radical (unpaired) electrons. The number of carbonyl (C=O) groups excluding carboxylic acids is 2. The van der Waals surface area contributed by atoms with Crippen molar-refractivity contribution in [2.45, 2.75) is 78.7 Å². The molecule has 2 unspecified atom stereocenters. The topological polar surface area (TPSA) is 113 Å². The number of hydrogen-bond donors (Lipinski definition) is 3. The number of unbranched alkanes of at least 4 members (excludes halogenated alkanes) is 2. The van der Waals surface area contributed by atoms with E-state index in [1.54, 1.807) is 6.20 Å². The smallest absolute Gasteiger partial charge is 0.259 e. The summed E-state index contributed by atoms with van der Waals surface area (Å²) in [5.41, 5.74) is 5.83. The third-order valence-corrected chi connectivity index (χ3v) is 5.76. The molecule has 1 aromatic rings. The number of piperidine rings is 1. The summed E-state index contributed by atoms with van der Waals surface area (Å²) in [5, 5.41) is 6.67. The summed E-state index contributed by atoms with van der Waals surface area (Å²) in [6, 6.07) is -0.105. The number of nitrogens with zero attached hydrogens (tertiary/aromatic N) is 3. The highest BCUT2D eigenvalue weighted by atomic mass is 16.2. The fourth-order valence-corrected chi connectivity index (χ4v) is 3.94. The molecule has 4 N–H and O–H groups in total. The number of hydrogen-bond acceptors (Lipinski definition) is 6. The highest BCUT2D eigenvalue weighted by molar-refractivity contribution is 5.98. The number of amides is 2. The van der Waals surface area contributed by atoms with Crippen molar-refractivity contribution in [1.82, 2.24) is 20.2 Å². The maximum Gasteiger partial charge on any atom is 0.259 e.